The van der Waals surface area contributed by atoms with Crippen LogP contribution in [0.5, 0.6) is 0 Å². The molecule has 17 heavy (non-hydrogen) atoms. The summed E-state index contributed by atoms with van der Waals surface area (Å²) in [7, 11) is 0. The van der Waals surface area contributed by atoms with Crippen LogP contribution in [-0.4, -0.2) is 22.9 Å². The zero-order valence-corrected chi connectivity index (χ0v) is 10.3. The molecule has 0 bridgehead atoms. The van der Waals surface area contributed by atoms with Gasteiger partial charge in [-0.2, -0.15) is 0 Å². The Labute approximate surface area is 104 Å². The lowest BCUT2D eigenvalue weighted by molar-refractivity contribution is 0.208. The second kappa shape index (κ2) is 12.6. The summed E-state index contributed by atoms with van der Waals surface area (Å²) < 4.78 is 0. The average molecular weight is 232 g/mol. The van der Waals surface area contributed by atoms with Gasteiger partial charge in [-0.05, 0) is 36.5 Å². The quantitative estimate of drug-likeness (QED) is 0.543. The van der Waals surface area contributed by atoms with Gasteiger partial charge < -0.3 is 10.2 Å². The van der Waals surface area contributed by atoms with Crippen molar-refractivity contribution in [2.24, 2.45) is 0 Å². The Morgan fingerprint density at radius 1 is 1.12 bits per heavy atom. The van der Waals surface area contributed by atoms with Gasteiger partial charge in [0.05, 0.1) is 12.7 Å². The first-order valence-corrected chi connectivity index (χ1v) is 5.93. The molecule has 0 radical (unpaired) electrons. The van der Waals surface area contributed by atoms with Crippen molar-refractivity contribution in [3.8, 4) is 23.7 Å². The Balaban J connectivity index is 3.80. The van der Waals surface area contributed by atoms with Gasteiger partial charge in [0.25, 0.3) is 0 Å². The molecule has 2 heteroatoms. The van der Waals surface area contributed by atoms with Crippen molar-refractivity contribution in [3.05, 3.63) is 24.3 Å². The van der Waals surface area contributed by atoms with Gasteiger partial charge in [0.15, 0.2) is 0 Å². The smallest absolute Gasteiger partial charge is 0.0730 e. The van der Waals surface area contributed by atoms with E-state index in [9.17, 15) is 5.11 Å². The molecule has 1 atom stereocenters. The van der Waals surface area contributed by atoms with Gasteiger partial charge in [0.1, 0.15) is 0 Å². The number of unbranched alkanes of at least 4 members (excludes halogenated alkanes) is 2. The summed E-state index contributed by atoms with van der Waals surface area (Å²) in [4.78, 5) is 0. The van der Waals surface area contributed by atoms with Crippen molar-refractivity contribution in [1.29, 1.82) is 0 Å². The fourth-order valence-corrected chi connectivity index (χ4v) is 1.13. The topological polar surface area (TPSA) is 40.5 Å². The predicted molar refractivity (Wildman–Crippen MR) is 71.1 cm³/mol. The van der Waals surface area contributed by atoms with Crippen LogP contribution in [0.15, 0.2) is 24.3 Å². The maximum atomic E-state index is 9.52. The molecule has 0 aromatic heterocycles. The van der Waals surface area contributed by atoms with Gasteiger partial charge in [-0.25, -0.2) is 0 Å². The van der Waals surface area contributed by atoms with Crippen LogP contribution in [0.1, 0.15) is 32.6 Å². The summed E-state index contributed by atoms with van der Waals surface area (Å²) in [6.07, 6.45) is 10.2. The summed E-state index contributed by atoms with van der Waals surface area (Å²) >= 11 is 0. The molecule has 92 valence electrons. The zero-order chi connectivity index (χ0) is 12.8. The van der Waals surface area contributed by atoms with Crippen molar-refractivity contribution < 1.29 is 10.2 Å². The Morgan fingerprint density at radius 3 is 2.47 bits per heavy atom. The van der Waals surface area contributed by atoms with E-state index in [1.807, 2.05) is 0 Å². The molecular weight excluding hydrogens is 212 g/mol. The zero-order valence-electron chi connectivity index (χ0n) is 10.3. The highest BCUT2D eigenvalue weighted by molar-refractivity contribution is 5.34. The summed E-state index contributed by atoms with van der Waals surface area (Å²) in [5.74, 6) is 10.6. The molecular formula is C15H20O2. The fraction of sp³-hybridized carbons (Fsp3) is 0.467. The average Bonchev–Trinajstić information content (AvgIpc) is 2.33. The van der Waals surface area contributed by atoms with Crippen LogP contribution in [0.3, 0.4) is 0 Å². The van der Waals surface area contributed by atoms with E-state index in [0.29, 0.717) is 0 Å². The number of hydrogen-bond acceptors (Lipinski definition) is 2. The Kier molecular flexibility index (Phi) is 11.5. The normalized spacial score (nSPS) is 11.9. The molecule has 0 aliphatic carbocycles. The summed E-state index contributed by atoms with van der Waals surface area (Å²) in [5, 5.41) is 17.9. The van der Waals surface area contributed by atoms with E-state index >= 15 is 0 Å². The number of rotatable bonds is 6. The summed E-state index contributed by atoms with van der Waals surface area (Å²) in [6.45, 7) is 2.13. The van der Waals surface area contributed by atoms with Crippen molar-refractivity contribution in [1.82, 2.24) is 0 Å². The number of aliphatic hydroxyl groups is 2. The lowest BCUT2D eigenvalue weighted by atomic mass is 10.1. The summed E-state index contributed by atoms with van der Waals surface area (Å²) in [6, 6.07) is 0. The van der Waals surface area contributed by atoms with Gasteiger partial charge >= 0.3 is 0 Å². The second-order valence-electron chi connectivity index (χ2n) is 3.55. The van der Waals surface area contributed by atoms with E-state index in [-0.39, 0.29) is 6.61 Å². The lowest BCUT2D eigenvalue weighted by Gasteiger charge is -2.02. The van der Waals surface area contributed by atoms with Crippen LogP contribution in [-0.2, 0) is 0 Å². The predicted octanol–water partition coefficient (Wildman–Crippen LogP) is 2.04. The minimum Gasteiger partial charge on any atom is -0.392 e. The maximum absolute atomic E-state index is 9.52. The molecule has 0 saturated heterocycles. The number of allylic oxidation sites excluding steroid dienone is 2. The van der Waals surface area contributed by atoms with Crippen molar-refractivity contribution in [2.45, 2.75) is 38.7 Å². The van der Waals surface area contributed by atoms with Crippen molar-refractivity contribution in [3.63, 3.8) is 0 Å². The van der Waals surface area contributed by atoms with Crippen LogP contribution >= 0.6 is 0 Å². The van der Waals surface area contributed by atoms with Gasteiger partial charge in [-0.1, -0.05) is 44.1 Å². The minimum atomic E-state index is -0.405. The molecule has 0 aromatic carbocycles. The fourth-order valence-electron chi connectivity index (χ4n) is 1.13. The number of hydrogen-bond donors (Lipinski definition) is 2. The van der Waals surface area contributed by atoms with E-state index < -0.39 is 6.10 Å². The van der Waals surface area contributed by atoms with Crippen LogP contribution in [0.4, 0.5) is 0 Å². The highest BCUT2D eigenvalue weighted by Gasteiger charge is 1.96. The molecule has 0 saturated carbocycles. The third-order valence-corrected chi connectivity index (χ3v) is 2.02. The van der Waals surface area contributed by atoms with Crippen molar-refractivity contribution in [2.75, 3.05) is 6.61 Å². The van der Waals surface area contributed by atoms with Crippen LogP contribution in [0.25, 0.3) is 0 Å². The first-order chi connectivity index (χ1) is 8.31. The van der Waals surface area contributed by atoms with Gasteiger partial charge in [-0.3, -0.25) is 0 Å². The minimum absolute atomic E-state index is 0.00797. The molecule has 0 aromatic rings. The molecule has 0 amide bonds. The SMILES string of the molecule is CCCCCC(O)/C=C/C#CC#C/C=C\CO. The van der Waals surface area contributed by atoms with Gasteiger partial charge in [0.2, 0.25) is 0 Å². The first kappa shape index (κ1) is 15.5. The van der Waals surface area contributed by atoms with E-state index in [4.69, 9.17) is 5.11 Å². The Morgan fingerprint density at radius 2 is 1.82 bits per heavy atom. The number of aliphatic hydroxyl groups excluding tert-OH is 2. The Hall–Kier alpha value is -1.48. The highest BCUT2D eigenvalue weighted by Crippen LogP contribution is 2.03. The van der Waals surface area contributed by atoms with Gasteiger partial charge in [-0.15, -0.1) is 0 Å². The highest BCUT2D eigenvalue weighted by atomic mass is 16.3. The molecule has 1 unspecified atom stereocenters. The van der Waals surface area contributed by atoms with E-state index in [1.165, 1.54) is 0 Å². The van der Waals surface area contributed by atoms with E-state index in [1.54, 1.807) is 24.3 Å². The summed E-state index contributed by atoms with van der Waals surface area (Å²) in [5.41, 5.74) is 0. The molecule has 0 fully saturated rings. The molecule has 0 aliphatic rings. The van der Waals surface area contributed by atoms with Crippen LogP contribution in [0, 0.1) is 23.7 Å². The monoisotopic (exact) mass is 232 g/mol. The Bertz CT molecular complexity index is 345. The van der Waals surface area contributed by atoms with E-state index in [2.05, 4.69) is 30.6 Å². The van der Waals surface area contributed by atoms with Crippen LogP contribution in [0.2, 0.25) is 0 Å². The molecule has 2 nitrogen and oxygen atoms in total. The standard InChI is InChI=1S/C15H20O2/c1-2-3-9-12-15(17)13-10-7-5-4-6-8-11-14-16/h8,10-11,13,15-17H,2-3,9,12,14H2,1H3/b11-8-,13-10+. The molecule has 0 spiro atoms. The second-order valence-corrected chi connectivity index (χ2v) is 3.55. The lowest BCUT2D eigenvalue weighted by Crippen LogP contribution is -2.00. The molecule has 0 aliphatic heterocycles. The molecule has 0 rings (SSSR count). The molecule has 2 N–H and O–H groups in total. The molecule has 0 heterocycles. The van der Waals surface area contributed by atoms with E-state index in [0.717, 1.165) is 25.7 Å². The maximum Gasteiger partial charge on any atom is 0.0730 e. The third kappa shape index (κ3) is 12.5. The first-order valence-electron chi connectivity index (χ1n) is 5.93. The van der Waals surface area contributed by atoms with Crippen LogP contribution < -0.4 is 0 Å². The van der Waals surface area contributed by atoms with Crippen molar-refractivity contribution >= 4 is 0 Å². The van der Waals surface area contributed by atoms with Gasteiger partial charge in [0, 0.05) is 0 Å². The largest absolute Gasteiger partial charge is 0.392 e. The third-order valence-electron chi connectivity index (χ3n) is 2.02.